The third kappa shape index (κ3) is 2.86. The number of benzene rings is 1. The molecule has 1 atom stereocenters. The van der Waals surface area contributed by atoms with Crippen LogP contribution < -0.4 is 20.3 Å². The average Bonchev–Trinajstić information content (AvgIpc) is 2.88. The summed E-state index contributed by atoms with van der Waals surface area (Å²) in [5.74, 6) is -1.72. The summed E-state index contributed by atoms with van der Waals surface area (Å²) in [6.45, 7) is 4.99. The normalized spacial score (nSPS) is 20.2. The summed E-state index contributed by atoms with van der Waals surface area (Å²) in [6, 6.07) is 2.54. The van der Waals surface area contributed by atoms with Crippen molar-refractivity contribution in [3.05, 3.63) is 17.9 Å². The SMILES string of the molecule is CC(C)(C)N1C(=O)COc2cc(N3C[C@H](C(N)=O)OC3=O)cc(F)c21. The van der Waals surface area contributed by atoms with Gasteiger partial charge in [0.1, 0.15) is 11.4 Å². The number of cyclic esters (lactones) is 1. The van der Waals surface area contributed by atoms with E-state index in [0.717, 1.165) is 11.0 Å². The Bertz CT molecular complexity index is 774. The second-order valence-electron chi connectivity index (χ2n) is 6.85. The second kappa shape index (κ2) is 5.61. The van der Waals surface area contributed by atoms with Gasteiger partial charge in [-0.15, -0.1) is 0 Å². The maximum Gasteiger partial charge on any atom is 0.415 e. The number of hydrogen-bond acceptors (Lipinski definition) is 5. The van der Waals surface area contributed by atoms with E-state index >= 15 is 0 Å². The van der Waals surface area contributed by atoms with Crippen LogP contribution in [0, 0.1) is 5.82 Å². The van der Waals surface area contributed by atoms with Crippen molar-refractivity contribution in [2.75, 3.05) is 23.0 Å². The highest BCUT2D eigenvalue weighted by molar-refractivity contribution is 6.00. The van der Waals surface area contributed by atoms with E-state index in [1.54, 1.807) is 20.8 Å². The van der Waals surface area contributed by atoms with Crippen molar-refractivity contribution in [3.8, 4) is 5.75 Å². The molecular weight excluding hydrogens is 333 g/mol. The van der Waals surface area contributed by atoms with E-state index in [1.165, 1.54) is 11.0 Å². The fraction of sp³-hybridized carbons (Fsp3) is 0.438. The number of rotatable bonds is 2. The van der Waals surface area contributed by atoms with Gasteiger partial charge in [-0.2, -0.15) is 0 Å². The molecule has 1 saturated heterocycles. The molecule has 25 heavy (non-hydrogen) atoms. The Hall–Kier alpha value is -2.84. The zero-order valence-corrected chi connectivity index (χ0v) is 14.0. The number of halogens is 1. The van der Waals surface area contributed by atoms with Gasteiger partial charge in [0, 0.05) is 17.7 Å². The number of carbonyl (C=O) groups excluding carboxylic acids is 3. The Labute approximate surface area is 143 Å². The van der Waals surface area contributed by atoms with Crippen LogP contribution in [0.5, 0.6) is 5.75 Å². The molecule has 0 saturated carbocycles. The Balaban J connectivity index is 2.02. The predicted octanol–water partition coefficient (Wildman–Crippen LogP) is 1.16. The van der Waals surface area contributed by atoms with E-state index in [2.05, 4.69) is 0 Å². The Morgan fingerprint density at radius 2 is 2.00 bits per heavy atom. The molecule has 0 unspecified atom stereocenters. The third-order valence-corrected chi connectivity index (χ3v) is 3.95. The molecule has 1 aromatic carbocycles. The molecule has 2 N–H and O–H groups in total. The van der Waals surface area contributed by atoms with E-state index in [1.807, 2.05) is 0 Å². The van der Waals surface area contributed by atoms with Crippen LogP contribution in [-0.4, -0.2) is 42.7 Å². The minimum absolute atomic E-state index is 0.0199. The molecule has 0 bridgehead atoms. The van der Waals surface area contributed by atoms with Crippen molar-refractivity contribution >= 4 is 29.3 Å². The smallest absolute Gasteiger partial charge is 0.415 e. The molecule has 1 aromatic rings. The van der Waals surface area contributed by atoms with Crippen molar-refractivity contribution in [1.29, 1.82) is 0 Å². The third-order valence-electron chi connectivity index (χ3n) is 3.95. The monoisotopic (exact) mass is 351 g/mol. The van der Waals surface area contributed by atoms with E-state index < -0.39 is 29.5 Å². The summed E-state index contributed by atoms with van der Waals surface area (Å²) in [4.78, 5) is 37.7. The number of amides is 3. The molecule has 0 radical (unpaired) electrons. The Morgan fingerprint density at radius 1 is 1.32 bits per heavy atom. The molecule has 3 amide bonds. The summed E-state index contributed by atoms with van der Waals surface area (Å²) in [6.07, 6.45) is -1.90. The van der Waals surface area contributed by atoms with Crippen LogP contribution in [-0.2, 0) is 14.3 Å². The predicted molar refractivity (Wildman–Crippen MR) is 85.9 cm³/mol. The highest BCUT2D eigenvalue weighted by Crippen LogP contribution is 2.42. The summed E-state index contributed by atoms with van der Waals surface area (Å²) in [5, 5.41) is 0. The fourth-order valence-corrected chi connectivity index (χ4v) is 2.90. The number of fused-ring (bicyclic) bond motifs is 1. The zero-order valence-electron chi connectivity index (χ0n) is 14.0. The van der Waals surface area contributed by atoms with Crippen LogP contribution >= 0.6 is 0 Å². The zero-order chi connectivity index (χ0) is 18.5. The first kappa shape index (κ1) is 17.0. The largest absolute Gasteiger partial charge is 0.481 e. The first-order chi connectivity index (χ1) is 11.6. The average molecular weight is 351 g/mol. The fourth-order valence-electron chi connectivity index (χ4n) is 2.90. The van der Waals surface area contributed by atoms with Crippen LogP contribution in [0.2, 0.25) is 0 Å². The maximum atomic E-state index is 14.8. The topological polar surface area (TPSA) is 102 Å². The molecule has 0 aliphatic carbocycles. The Kier molecular flexibility index (Phi) is 3.81. The standard InChI is InChI=1S/C16H18FN3O5/c1-16(2,3)20-12(21)7-24-10-5-8(4-9(17)13(10)20)19-6-11(14(18)22)25-15(19)23/h4-5,11H,6-7H2,1-3H3,(H2,18,22)/t11-/m1/s1. The summed E-state index contributed by atoms with van der Waals surface area (Å²) in [5.41, 5.74) is 4.67. The number of primary amides is 1. The van der Waals surface area contributed by atoms with Gasteiger partial charge >= 0.3 is 6.09 Å². The molecule has 9 heteroatoms. The highest BCUT2D eigenvalue weighted by atomic mass is 19.1. The van der Waals surface area contributed by atoms with E-state index in [9.17, 15) is 18.8 Å². The maximum absolute atomic E-state index is 14.8. The van der Waals surface area contributed by atoms with E-state index in [0.29, 0.717) is 0 Å². The molecule has 8 nitrogen and oxygen atoms in total. The molecule has 0 aromatic heterocycles. The van der Waals surface area contributed by atoms with Crippen molar-refractivity contribution in [3.63, 3.8) is 0 Å². The van der Waals surface area contributed by atoms with Gasteiger partial charge in [-0.3, -0.25) is 19.4 Å². The van der Waals surface area contributed by atoms with Crippen LogP contribution in [0.3, 0.4) is 0 Å². The molecule has 2 heterocycles. The van der Waals surface area contributed by atoms with E-state index in [-0.39, 0.29) is 36.2 Å². The van der Waals surface area contributed by atoms with Crippen LogP contribution in [0.25, 0.3) is 0 Å². The minimum Gasteiger partial charge on any atom is -0.481 e. The van der Waals surface area contributed by atoms with Gasteiger partial charge in [0.25, 0.3) is 11.8 Å². The lowest BCUT2D eigenvalue weighted by Crippen LogP contribution is -2.50. The van der Waals surface area contributed by atoms with Crippen LogP contribution in [0.4, 0.5) is 20.6 Å². The highest BCUT2D eigenvalue weighted by Gasteiger charge is 2.39. The molecular formula is C16H18FN3O5. The van der Waals surface area contributed by atoms with Gasteiger partial charge in [0.05, 0.1) is 12.2 Å². The number of hydrogen-bond donors (Lipinski definition) is 1. The molecule has 2 aliphatic rings. The molecule has 0 spiro atoms. The van der Waals surface area contributed by atoms with Gasteiger partial charge in [-0.05, 0) is 20.8 Å². The Morgan fingerprint density at radius 3 is 2.56 bits per heavy atom. The molecule has 134 valence electrons. The molecule has 3 rings (SSSR count). The quantitative estimate of drug-likeness (QED) is 0.861. The van der Waals surface area contributed by atoms with Crippen molar-refractivity contribution in [2.24, 2.45) is 5.73 Å². The van der Waals surface area contributed by atoms with Crippen molar-refractivity contribution in [2.45, 2.75) is 32.4 Å². The lowest BCUT2D eigenvalue weighted by molar-refractivity contribution is -0.124. The number of nitrogens with two attached hydrogens (primary N) is 1. The first-order valence-electron chi connectivity index (χ1n) is 7.66. The van der Waals surface area contributed by atoms with Gasteiger partial charge < -0.3 is 15.2 Å². The summed E-state index contributed by atoms with van der Waals surface area (Å²) < 4.78 is 25.0. The number of anilines is 2. The van der Waals surface area contributed by atoms with E-state index in [4.69, 9.17) is 15.2 Å². The van der Waals surface area contributed by atoms with Gasteiger partial charge in [-0.25, -0.2) is 9.18 Å². The molecule has 1 fully saturated rings. The van der Waals surface area contributed by atoms with Gasteiger partial charge in [0.2, 0.25) is 0 Å². The summed E-state index contributed by atoms with van der Waals surface area (Å²) >= 11 is 0. The van der Waals surface area contributed by atoms with Crippen molar-refractivity contribution in [1.82, 2.24) is 0 Å². The van der Waals surface area contributed by atoms with Gasteiger partial charge in [0.15, 0.2) is 18.5 Å². The van der Waals surface area contributed by atoms with Gasteiger partial charge in [-0.1, -0.05) is 0 Å². The minimum atomic E-state index is -1.10. The second-order valence-corrected chi connectivity index (χ2v) is 6.85. The number of carbonyl (C=O) groups is 3. The lowest BCUT2D eigenvalue weighted by atomic mass is 10.0. The lowest BCUT2D eigenvalue weighted by Gasteiger charge is -2.39. The number of ether oxygens (including phenoxy) is 2. The van der Waals surface area contributed by atoms with Crippen molar-refractivity contribution < 1.29 is 28.2 Å². The van der Waals surface area contributed by atoms with Crippen LogP contribution in [0.1, 0.15) is 20.8 Å². The molecule has 2 aliphatic heterocycles. The van der Waals surface area contributed by atoms with Crippen LogP contribution in [0.15, 0.2) is 12.1 Å². The number of nitrogens with zero attached hydrogens (tertiary/aromatic N) is 2. The summed E-state index contributed by atoms with van der Waals surface area (Å²) in [7, 11) is 0. The first-order valence-corrected chi connectivity index (χ1v) is 7.66.